The molecule has 5 nitrogen and oxygen atoms in total. The van der Waals surface area contributed by atoms with Crippen LogP contribution in [0.2, 0.25) is 0 Å². The number of nitrogens with zero attached hydrogens (tertiary/aromatic N) is 2. The Morgan fingerprint density at radius 3 is 1.93 bits per heavy atom. The molecule has 5 heteroatoms. The van der Waals surface area contributed by atoms with Crippen LogP contribution in [0, 0.1) is 0 Å². The molecule has 2 aromatic rings. The molecule has 0 spiro atoms. The second-order valence-electron chi connectivity index (χ2n) is 6.93. The third-order valence-corrected chi connectivity index (χ3v) is 4.75. The Morgan fingerprint density at radius 1 is 0.786 bits per heavy atom. The number of aromatic nitrogens is 1. The molecule has 0 atom stereocenters. The zero-order valence-corrected chi connectivity index (χ0v) is 16.7. The molecule has 0 fully saturated rings. The van der Waals surface area contributed by atoms with Crippen molar-refractivity contribution in [3.05, 3.63) is 59.9 Å². The minimum Gasteiger partial charge on any atom is -0.395 e. The first-order valence-electron chi connectivity index (χ1n) is 10.2. The molecule has 0 saturated carbocycles. The summed E-state index contributed by atoms with van der Waals surface area (Å²) >= 11 is 0. The Labute approximate surface area is 168 Å². The van der Waals surface area contributed by atoms with Crippen molar-refractivity contribution in [2.24, 2.45) is 5.73 Å². The number of rotatable bonds is 13. The zero-order chi connectivity index (χ0) is 20.0. The summed E-state index contributed by atoms with van der Waals surface area (Å²) in [6.07, 6.45) is 13.2. The van der Waals surface area contributed by atoms with Crippen LogP contribution in [-0.2, 0) is 6.54 Å². The predicted molar refractivity (Wildman–Crippen MR) is 116 cm³/mol. The molecular formula is C23H34N3O2+. The van der Waals surface area contributed by atoms with E-state index in [1.807, 2.05) is 17.0 Å². The fourth-order valence-corrected chi connectivity index (χ4v) is 3.12. The van der Waals surface area contributed by atoms with E-state index in [2.05, 4.69) is 53.4 Å². The summed E-state index contributed by atoms with van der Waals surface area (Å²) in [5.41, 5.74) is 8.82. The highest BCUT2D eigenvalue weighted by atomic mass is 16.3. The van der Waals surface area contributed by atoms with E-state index in [-0.39, 0.29) is 13.2 Å². The first kappa shape index (κ1) is 22.1. The van der Waals surface area contributed by atoms with Crippen LogP contribution in [0.5, 0.6) is 0 Å². The topological polar surface area (TPSA) is 73.6 Å². The Morgan fingerprint density at radius 2 is 1.36 bits per heavy atom. The van der Waals surface area contributed by atoms with Gasteiger partial charge in [0.15, 0.2) is 12.4 Å². The maximum atomic E-state index is 9.15. The van der Waals surface area contributed by atoms with E-state index in [1.165, 1.54) is 24.8 Å². The highest BCUT2D eigenvalue weighted by Gasteiger charge is 2.04. The molecule has 2 rings (SSSR count). The molecule has 152 valence electrons. The third-order valence-electron chi connectivity index (χ3n) is 4.75. The largest absolute Gasteiger partial charge is 0.395 e. The van der Waals surface area contributed by atoms with Crippen LogP contribution in [0.3, 0.4) is 0 Å². The van der Waals surface area contributed by atoms with Gasteiger partial charge in [-0.3, -0.25) is 0 Å². The quantitative estimate of drug-likeness (QED) is 0.366. The lowest BCUT2D eigenvalue weighted by Gasteiger charge is -2.22. The van der Waals surface area contributed by atoms with Gasteiger partial charge in [0.05, 0.1) is 13.2 Å². The van der Waals surface area contributed by atoms with Gasteiger partial charge in [-0.1, -0.05) is 30.7 Å². The summed E-state index contributed by atoms with van der Waals surface area (Å²) in [5.74, 6) is 0. The Bertz CT molecular complexity index is 678. The smallest absolute Gasteiger partial charge is 0.169 e. The van der Waals surface area contributed by atoms with Gasteiger partial charge in [0.2, 0.25) is 0 Å². The summed E-state index contributed by atoms with van der Waals surface area (Å²) in [4.78, 5) is 1.97. The number of hydrogen-bond donors (Lipinski definition) is 3. The standard InChI is InChI=1S/C23H34N3O2/c24-13-3-1-2-4-14-25-15-11-22(12-16-25)6-5-21-7-9-23(10-8-21)26(17-19-27)18-20-28/h5-12,15-16,27-28H,1-4,13-14,17-20,24H2/q+1. The fourth-order valence-electron chi connectivity index (χ4n) is 3.12. The molecule has 1 aromatic carbocycles. The maximum Gasteiger partial charge on any atom is 0.169 e. The van der Waals surface area contributed by atoms with E-state index in [4.69, 9.17) is 15.9 Å². The van der Waals surface area contributed by atoms with Gasteiger partial charge >= 0.3 is 0 Å². The summed E-state index contributed by atoms with van der Waals surface area (Å²) in [6.45, 7) is 3.03. The average molecular weight is 385 g/mol. The van der Waals surface area contributed by atoms with E-state index >= 15 is 0 Å². The highest BCUT2D eigenvalue weighted by molar-refractivity contribution is 5.70. The number of hydrogen-bond acceptors (Lipinski definition) is 4. The summed E-state index contributed by atoms with van der Waals surface area (Å²) < 4.78 is 2.23. The van der Waals surface area contributed by atoms with Crippen LogP contribution in [0.4, 0.5) is 5.69 Å². The van der Waals surface area contributed by atoms with E-state index in [1.54, 1.807) is 0 Å². The summed E-state index contributed by atoms with van der Waals surface area (Å²) in [7, 11) is 0. The molecule has 0 aliphatic carbocycles. The van der Waals surface area contributed by atoms with Crippen LogP contribution in [-0.4, -0.2) is 43.1 Å². The molecule has 0 aliphatic rings. The molecule has 1 aromatic heterocycles. The van der Waals surface area contributed by atoms with Crippen molar-refractivity contribution in [2.45, 2.75) is 32.2 Å². The Kier molecular flexibility index (Phi) is 10.3. The molecule has 0 amide bonds. The fraction of sp³-hybridized carbons (Fsp3) is 0.435. The van der Waals surface area contributed by atoms with Crippen LogP contribution in [0.1, 0.15) is 36.8 Å². The lowest BCUT2D eigenvalue weighted by atomic mass is 10.1. The van der Waals surface area contributed by atoms with Gasteiger partial charge in [-0.2, -0.15) is 0 Å². The number of aryl methyl sites for hydroxylation is 1. The van der Waals surface area contributed by atoms with Gasteiger partial charge in [0.25, 0.3) is 0 Å². The lowest BCUT2D eigenvalue weighted by molar-refractivity contribution is -0.697. The number of pyridine rings is 1. The molecule has 0 unspecified atom stereocenters. The maximum absolute atomic E-state index is 9.15. The van der Waals surface area contributed by atoms with Gasteiger partial charge in [0, 0.05) is 37.3 Å². The van der Waals surface area contributed by atoms with Gasteiger partial charge in [0.1, 0.15) is 6.54 Å². The molecule has 0 radical (unpaired) electrons. The third kappa shape index (κ3) is 7.80. The van der Waals surface area contributed by atoms with Crippen LogP contribution < -0.4 is 15.2 Å². The number of aliphatic hydroxyl groups excluding tert-OH is 2. The Balaban J connectivity index is 1.87. The Hall–Kier alpha value is -2.21. The van der Waals surface area contributed by atoms with Crippen LogP contribution in [0.25, 0.3) is 12.2 Å². The lowest BCUT2D eigenvalue weighted by Crippen LogP contribution is -2.32. The number of anilines is 1. The molecule has 0 aliphatic heterocycles. The van der Waals surface area contributed by atoms with Crippen LogP contribution >= 0.6 is 0 Å². The molecule has 0 bridgehead atoms. The second kappa shape index (κ2) is 13.0. The van der Waals surface area contributed by atoms with Gasteiger partial charge in [-0.05, 0) is 42.6 Å². The van der Waals surface area contributed by atoms with Gasteiger partial charge < -0.3 is 20.8 Å². The minimum absolute atomic E-state index is 0.0728. The highest BCUT2D eigenvalue weighted by Crippen LogP contribution is 2.16. The second-order valence-corrected chi connectivity index (χ2v) is 6.93. The van der Waals surface area contributed by atoms with Crippen molar-refractivity contribution in [3.8, 4) is 0 Å². The van der Waals surface area contributed by atoms with E-state index in [9.17, 15) is 0 Å². The zero-order valence-electron chi connectivity index (χ0n) is 16.7. The average Bonchev–Trinajstić information content (AvgIpc) is 2.73. The molecule has 4 N–H and O–H groups in total. The van der Waals surface area contributed by atoms with Crippen molar-refractivity contribution in [3.63, 3.8) is 0 Å². The van der Waals surface area contributed by atoms with E-state index < -0.39 is 0 Å². The van der Waals surface area contributed by atoms with E-state index in [0.717, 1.165) is 30.8 Å². The number of aliphatic hydroxyl groups is 2. The van der Waals surface area contributed by atoms with E-state index in [0.29, 0.717) is 13.1 Å². The normalized spacial score (nSPS) is 11.2. The van der Waals surface area contributed by atoms with Crippen molar-refractivity contribution >= 4 is 17.8 Å². The monoisotopic (exact) mass is 384 g/mol. The first-order chi connectivity index (χ1) is 13.8. The molecule has 1 heterocycles. The number of nitrogens with two attached hydrogens (primary N) is 1. The molecule has 28 heavy (non-hydrogen) atoms. The summed E-state index contributed by atoms with van der Waals surface area (Å²) in [5, 5.41) is 18.3. The molecule has 0 saturated heterocycles. The SMILES string of the molecule is NCCCCCC[n+]1ccc(/C=C/c2ccc(N(CCO)CCO)cc2)cc1. The number of unbranched alkanes of at least 4 members (excludes halogenated alkanes) is 3. The first-order valence-corrected chi connectivity index (χ1v) is 10.2. The van der Waals surface area contributed by atoms with Gasteiger partial charge in [-0.25, -0.2) is 4.57 Å². The van der Waals surface area contributed by atoms with Crippen molar-refractivity contribution in [2.75, 3.05) is 37.7 Å². The van der Waals surface area contributed by atoms with Gasteiger partial charge in [-0.15, -0.1) is 0 Å². The minimum atomic E-state index is 0.0728. The van der Waals surface area contributed by atoms with Crippen LogP contribution in [0.15, 0.2) is 48.8 Å². The molecular weight excluding hydrogens is 350 g/mol. The predicted octanol–water partition coefficient (Wildman–Crippen LogP) is 2.45. The van der Waals surface area contributed by atoms with Crippen molar-refractivity contribution in [1.82, 2.24) is 0 Å². The number of benzene rings is 1. The van der Waals surface area contributed by atoms with Crippen molar-refractivity contribution < 1.29 is 14.8 Å². The van der Waals surface area contributed by atoms with Crippen molar-refractivity contribution in [1.29, 1.82) is 0 Å². The summed E-state index contributed by atoms with van der Waals surface area (Å²) in [6, 6.07) is 12.4.